The van der Waals surface area contributed by atoms with Gasteiger partial charge in [-0.1, -0.05) is 23.8 Å². The third-order valence-corrected chi connectivity index (χ3v) is 3.17. The minimum atomic E-state index is 0.0209. The van der Waals surface area contributed by atoms with Crippen LogP contribution in [0.25, 0.3) is 5.70 Å². The molecule has 3 nitrogen and oxygen atoms in total. The molecule has 2 rings (SSSR count). The molecule has 20 heavy (non-hydrogen) atoms. The molecule has 3 heteroatoms. The highest BCUT2D eigenvalue weighted by Crippen LogP contribution is 2.19. The van der Waals surface area contributed by atoms with Crippen LogP contribution in [0.2, 0.25) is 0 Å². The number of hydrogen-bond donors (Lipinski definition) is 2. The standard InChI is InChI=1S/C17H25N3/c1-12-6-7-14(13(2)10-12)15-11-16(19-9-8-18-15)20-17(3,4)5/h6-7,10-11,18H,8-9H2,1-5H3,(H,19,20). The van der Waals surface area contributed by atoms with Crippen molar-refractivity contribution in [3.05, 3.63) is 41.0 Å². The first-order valence-electron chi connectivity index (χ1n) is 7.21. The Morgan fingerprint density at radius 3 is 2.60 bits per heavy atom. The van der Waals surface area contributed by atoms with Crippen LogP contribution in [0.5, 0.6) is 0 Å². The Bertz CT molecular complexity index is 548. The van der Waals surface area contributed by atoms with E-state index in [-0.39, 0.29) is 5.54 Å². The van der Waals surface area contributed by atoms with Crippen molar-refractivity contribution < 1.29 is 0 Å². The van der Waals surface area contributed by atoms with Crippen molar-refractivity contribution in [3.8, 4) is 0 Å². The third kappa shape index (κ3) is 3.86. The van der Waals surface area contributed by atoms with Gasteiger partial charge in [0.05, 0.1) is 6.54 Å². The van der Waals surface area contributed by atoms with E-state index in [4.69, 9.17) is 0 Å². The van der Waals surface area contributed by atoms with Crippen molar-refractivity contribution in [2.24, 2.45) is 4.99 Å². The minimum absolute atomic E-state index is 0.0209. The Balaban J connectivity index is 2.32. The van der Waals surface area contributed by atoms with Crippen molar-refractivity contribution in [2.45, 2.75) is 40.2 Å². The van der Waals surface area contributed by atoms with Crippen LogP contribution in [0.3, 0.4) is 0 Å². The SMILES string of the molecule is Cc1ccc(C2=CC(NC(C)(C)C)=NCCN2)c(C)c1. The lowest BCUT2D eigenvalue weighted by Crippen LogP contribution is -2.40. The van der Waals surface area contributed by atoms with Gasteiger partial charge in [0.1, 0.15) is 5.84 Å². The van der Waals surface area contributed by atoms with Crippen molar-refractivity contribution in [3.63, 3.8) is 0 Å². The molecule has 0 unspecified atom stereocenters. The van der Waals surface area contributed by atoms with Crippen LogP contribution in [0.15, 0.2) is 29.3 Å². The Kier molecular flexibility index (Phi) is 4.17. The summed E-state index contributed by atoms with van der Waals surface area (Å²) in [6.45, 7) is 12.4. The number of aliphatic imine (C=N–C) groups is 1. The van der Waals surface area contributed by atoms with E-state index in [1.165, 1.54) is 16.7 Å². The van der Waals surface area contributed by atoms with Gasteiger partial charge < -0.3 is 10.6 Å². The molecule has 1 heterocycles. The molecule has 0 atom stereocenters. The largest absolute Gasteiger partial charge is 0.383 e. The molecule has 0 aromatic heterocycles. The van der Waals surface area contributed by atoms with E-state index in [0.717, 1.165) is 24.6 Å². The van der Waals surface area contributed by atoms with Gasteiger partial charge in [-0.05, 0) is 40.2 Å². The van der Waals surface area contributed by atoms with Crippen molar-refractivity contribution in [2.75, 3.05) is 13.1 Å². The molecule has 0 aliphatic carbocycles. The molecule has 0 saturated carbocycles. The summed E-state index contributed by atoms with van der Waals surface area (Å²) in [4.78, 5) is 4.60. The summed E-state index contributed by atoms with van der Waals surface area (Å²) >= 11 is 0. The second-order valence-corrected chi connectivity index (χ2v) is 6.45. The first-order chi connectivity index (χ1) is 9.35. The monoisotopic (exact) mass is 271 g/mol. The molecule has 1 aromatic carbocycles. The predicted molar refractivity (Wildman–Crippen MR) is 87.1 cm³/mol. The number of aryl methyl sites for hydroxylation is 2. The molecule has 0 amide bonds. The molecule has 0 radical (unpaired) electrons. The summed E-state index contributed by atoms with van der Waals surface area (Å²) in [5.74, 6) is 0.956. The average molecular weight is 271 g/mol. The molecule has 0 spiro atoms. The van der Waals surface area contributed by atoms with Gasteiger partial charge in [-0.15, -0.1) is 0 Å². The second-order valence-electron chi connectivity index (χ2n) is 6.45. The zero-order valence-corrected chi connectivity index (χ0v) is 13.2. The number of benzene rings is 1. The zero-order chi connectivity index (χ0) is 14.8. The highest BCUT2D eigenvalue weighted by Gasteiger charge is 2.14. The predicted octanol–water partition coefficient (Wildman–Crippen LogP) is 3.03. The van der Waals surface area contributed by atoms with E-state index in [9.17, 15) is 0 Å². The fourth-order valence-corrected chi connectivity index (χ4v) is 2.35. The van der Waals surface area contributed by atoms with Gasteiger partial charge in [-0.25, -0.2) is 0 Å². The van der Waals surface area contributed by atoms with E-state index >= 15 is 0 Å². The average Bonchev–Trinajstić information content (AvgIpc) is 2.52. The van der Waals surface area contributed by atoms with E-state index < -0.39 is 0 Å². The van der Waals surface area contributed by atoms with Crippen LogP contribution in [-0.2, 0) is 0 Å². The van der Waals surface area contributed by atoms with Gasteiger partial charge in [0.15, 0.2) is 0 Å². The molecule has 0 saturated heterocycles. The molecular weight excluding hydrogens is 246 g/mol. The fraction of sp³-hybridized carbons (Fsp3) is 0.471. The normalized spacial score (nSPS) is 15.8. The van der Waals surface area contributed by atoms with E-state index in [1.807, 2.05) is 0 Å². The molecular formula is C17H25N3. The maximum absolute atomic E-state index is 4.60. The van der Waals surface area contributed by atoms with E-state index in [0.29, 0.717) is 0 Å². The summed E-state index contributed by atoms with van der Waals surface area (Å²) in [6.07, 6.45) is 2.12. The van der Waals surface area contributed by atoms with Crippen LogP contribution in [0.4, 0.5) is 0 Å². The first-order valence-corrected chi connectivity index (χ1v) is 7.21. The smallest absolute Gasteiger partial charge is 0.123 e. The van der Waals surface area contributed by atoms with Gasteiger partial charge in [0.2, 0.25) is 0 Å². The third-order valence-electron chi connectivity index (χ3n) is 3.17. The lowest BCUT2D eigenvalue weighted by molar-refractivity contribution is 0.512. The summed E-state index contributed by atoms with van der Waals surface area (Å²) < 4.78 is 0. The van der Waals surface area contributed by atoms with E-state index in [2.05, 4.69) is 74.5 Å². The number of nitrogens with one attached hydrogen (secondary N) is 2. The van der Waals surface area contributed by atoms with Crippen LogP contribution < -0.4 is 10.6 Å². The molecule has 0 bridgehead atoms. The zero-order valence-electron chi connectivity index (χ0n) is 13.2. The molecule has 2 N–H and O–H groups in total. The summed E-state index contributed by atoms with van der Waals surface area (Å²) in [5.41, 5.74) is 5.01. The number of hydrogen-bond acceptors (Lipinski definition) is 3. The maximum atomic E-state index is 4.60. The molecule has 1 aliphatic heterocycles. The van der Waals surface area contributed by atoms with Gasteiger partial charge in [0, 0.05) is 29.4 Å². The summed E-state index contributed by atoms with van der Waals surface area (Å²) in [6, 6.07) is 6.56. The highest BCUT2D eigenvalue weighted by atomic mass is 15.1. The van der Waals surface area contributed by atoms with Crippen LogP contribution in [0, 0.1) is 13.8 Å². The molecule has 108 valence electrons. The van der Waals surface area contributed by atoms with Crippen LogP contribution in [0.1, 0.15) is 37.5 Å². The molecule has 1 aromatic rings. The van der Waals surface area contributed by atoms with E-state index in [1.54, 1.807) is 0 Å². The first kappa shape index (κ1) is 14.6. The Labute approximate surface area is 122 Å². The highest BCUT2D eigenvalue weighted by molar-refractivity contribution is 6.00. The van der Waals surface area contributed by atoms with Crippen molar-refractivity contribution in [1.82, 2.24) is 10.6 Å². The lowest BCUT2D eigenvalue weighted by atomic mass is 10.0. The Hall–Kier alpha value is -1.77. The number of amidine groups is 1. The van der Waals surface area contributed by atoms with Gasteiger partial charge >= 0.3 is 0 Å². The van der Waals surface area contributed by atoms with Crippen LogP contribution >= 0.6 is 0 Å². The minimum Gasteiger partial charge on any atom is -0.383 e. The molecule has 0 fully saturated rings. The fourth-order valence-electron chi connectivity index (χ4n) is 2.35. The number of nitrogens with zero attached hydrogens (tertiary/aromatic N) is 1. The number of rotatable bonds is 1. The quantitative estimate of drug-likeness (QED) is 0.823. The van der Waals surface area contributed by atoms with Crippen LogP contribution in [-0.4, -0.2) is 24.5 Å². The molecule has 1 aliphatic rings. The Morgan fingerprint density at radius 2 is 1.95 bits per heavy atom. The Morgan fingerprint density at radius 1 is 1.20 bits per heavy atom. The maximum Gasteiger partial charge on any atom is 0.123 e. The summed E-state index contributed by atoms with van der Waals surface area (Å²) in [5, 5.41) is 6.94. The topological polar surface area (TPSA) is 36.4 Å². The van der Waals surface area contributed by atoms with Crippen molar-refractivity contribution >= 4 is 11.5 Å². The van der Waals surface area contributed by atoms with Gasteiger partial charge in [0.25, 0.3) is 0 Å². The lowest BCUT2D eigenvalue weighted by Gasteiger charge is -2.22. The second kappa shape index (κ2) is 5.70. The van der Waals surface area contributed by atoms with Gasteiger partial charge in [-0.3, -0.25) is 4.99 Å². The van der Waals surface area contributed by atoms with Gasteiger partial charge in [-0.2, -0.15) is 0 Å². The van der Waals surface area contributed by atoms with Crippen molar-refractivity contribution in [1.29, 1.82) is 0 Å². The summed E-state index contributed by atoms with van der Waals surface area (Å²) in [7, 11) is 0.